The molecule has 1 aromatic heterocycles. The number of carbonyl (C=O) groups excluding carboxylic acids is 1. The summed E-state index contributed by atoms with van der Waals surface area (Å²) in [6.07, 6.45) is -1.13. The van der Waals surface area contributed by atoms with Crippen LogP contribution < -0.4 is 10.6 Å². The van der Waals surface area contributed by atoms with Gasteiger partial charge in [0, 0.05) is 18.4 Å². The third-order valence-corrected chi connectivity index (χ3v) is 3.30. The van der Waals surface area contributed by atoms with Crippen molar-refractivity contribution in [3.63, 3.8) is 0 Å². The number of hydrogen-bond acceptors (Lipinski definition) is 3. The van der Waals surface area contributed by atoms with Crippen molar-refractivity contribution in [3.8, 4) is 0 Å². The van der Waals surface area contributed by atoms with Gasteiger partial charge in [0.25, 0.3) is 5.91 Å². The smallest absolute Gasteiger partial charge is 0.352 e. The van der Waals surface area contributed by atoms with Crippen LogP contribution >= 0.6 is 0 Å². The highest BCUT2D eigenvalue weighted by atomic mass is 19.4. The molecule has 0 fully saturated rings. The number of unbranched alkanes of at least 4 members (excludes halogenated alkanes) is 1. The Labute approximate surface area is 138 Å². The largest absolute Gasteiger partial charge is 0.416 e. The molecular formula is C17H18F3N3O. The highest BCUT2D eigenvalue weighted by Gasteiger charge is 2.30. The van der Waals surface area contributed by atoms with Crippen molar-refractivity contribution in [3.05, 3.63) is 53.7 Å². The molecule has 1 amide bonds. The Morgan fingerprint density at radius 3 is 2.62 bits per heavy atom. The lowest BCUT2D eigenvalue weighted by atomic mass is 10.2. The average molecular weight is 337 g/mol. The van der Waals surface area contributed by atoms with Crippen LogP contribution in [0, 0.1) is 0 Å². The molecule has 2 N–H and O–H groups in total. The topological polar surface area (TPSA) is 54.0 Å². The number of pyridine rings is 1. The fourth-order valence-corrected chi connectivity index (χ4v) is 2.00. The molecule has 4 nitrogen and oxygen atoms in total. The van der Waals surface area contributed by atoms with E-state index in [1.54, 1.807) is 12.1 Å². The van der Waals surface area contributed by atoms with E-state index in [0.29, 0.717) is 17.9 Å². The van der Waals surface area contributed by atoms with Gasteiger partial charge in [0.05, 0.1) is 11.1 Å². The minimum atomic E-state index is -4.40. The van der Waals surface area contributed by atoms with E-state index in [4.69, 9.17) is 0 Å². The van der Waals surface area contributed by atoms with Crippen molar-refractivity contribution >= 4 is 17.4 Å². The van der Waals surface area contributed by atoms with E-state index in [1.807, 2.05) is 6.92 Å². The Hall–Kier alpha value is -2.57. The second-order valence-electron chi connectivity index (χ2n) is 5.25. The number of nitrogens with zero attached hydrogens (tertiary/aromatic N) is 1. The first-order valence-corrected chi connectivity index (χ1v) is 7.58. The van der Waals surface area contributed by atoms with Crippen LogP contribution in [0.2, 0.25) is 0 Å². The van der Waals surface area contributed by atoms with Crippen molar-refractivity contribution < 1.29 is 18.0 Å². The highest BCUT2D eigenvalue weighted by molar-refractivity contribution is 5.94. The predicted molar refractivity (Wildman–Crippen MR) is 86.2 cm³/mol. The normalized spacial score (nSPS) is 11.2. The predicted octanol–water partition coefficient (Wildman–Crippen LogP) is 4.37. The average Bonchev–Trinajstić information content (AvgIpc) is 2.55. The minimum absolute atomic E-state index is 0.221. The van der Waals surface area contributed by atoms with E-state index in [2.05, 4.69) is 15.6 Å². The third kappa shape index (κ3) is 4.97. The molecule has 0 bridgehead atoms. The third-order valence-electron chi connectivity index (χ3n) is 3.30. The molecule has 128 valence electrons. The summed E-state index contributed by atoms with van der Waals surface area (Å²) in [4.78, 5) is 15.9. The fourth-order valence-electron chi connectivity index (χ4n) is 2.00. The molecule has 0 atom stereocenters. The second kappa shape index (κ2) is 7.81. The summed E-state index contributed by atoms with van der Waals surface area (Å²) in [6.45, 7) is 2.63. The van der Waals surface area contributed by atoms with Crippen LogP contribution in [0.15, 0.2) is 42.6 Å². The Kier molecular flexibility index (Phi) is 5.78. The van der Waals surface area contributed by atoms with E-state index in [-0.39, 0.29) is 11.6 Å². The van der Waals surface area contributed by atoms with E-state index >= 15 is 0 Å². The van der Waals surface area contributed by atoms with Gasteiger partial charge in [-0.05, 0) is 36.8 Å². The lowest BCUT2D eigenvalue weighted by Gasteiger charge is -2.10. The molecule has 0 aliphatic rings. The van der Waals surface area contributed by atoms with Crippen molar-refractivity contribution in [1.29, 1.82) is 0 Å². The van der Waals surface area contributed by atoms with E-state index < -0.39 is 11.7 Å². The van der Waals surface area contributed by atoms with Gasteiger partial charge in [-0.15, -0.1) is 0 Å². The maximum absolute atomic E-state index is 12.7. The molecular weight excluding hydrogens is 319 g/mol. The van der Waals surface area contributed by atoms with Crippen molar-refractivity contribution in [2.75, 3.05) is 11.9 Å². The maximum atomic E-state index is 12.7. The lowest BCUT2D eigenvalue weighted by molar-refractivity contribution is -0.137. The summed E-state index contributed by atoms with van der Waals surface area (Å²) in [5, 5.41) is 5.56. The van der Waals surface area contributed by atoms with Gasteiger partial charge < -0.3 is 10.6 Å². The van der Waals surface area contributed by atoms with Crippen molar-refractivity contribution in [2.24, 2.45) is 0 Å². The number of halogens is 3. The molecule has 0 saturated carbocycles. The molecule has 0 aliphatic carbocycles. The molecule has 0 radical (unpaired) electrons. The molecule has 7 heteroatoms. The molecule has 2 aromatic rings. The number of nitrogens with one attached hydrogen (secondary N) is 2. The number of amides is 1. The van der Waals surface area contributed by atoms with E-state index in [9.17, 15) is 18.0 Å². The van der Waals surface area contributed by atoms with Crippen LogP contribution in [0.1, 0.15) is 35.7 Å². The van der Waals surface area contributed by atoms with Gasteiger partial charge in [-0.3, -0.25) is 4.79 Å². The summed E-state index contributed by atoms with van der Waals surface area (Å²) in [7, 11) is 0. The van der Waals surface area contributed by atoms with Gasteiger partial charge in [-0.2, -0.15) is 13.2 Å². The van der Waals surface area contributed by atoms with Gasteiger partial charge in [-0.1, -0.05) is 19.4 Å². The molecule has 0 spiro atoms. The Morgan fingerprint density at radius 1 is 1.21 bits per heavy atom. The molecule has 1 aromatic carbocycles. The van der Waals surface area contributed by atoms with Crippen LogP contribution in [-0.4, -0.2) is 17.4 Å². The Morgan fingerprint density at radius 2 is 2.00 bits per heavy atom. The summed E-state index contributed by atoms with van der Waals surface area (Å²) in [6, 6.07) is 7.97. The SMILES string of the molecule is CCCCNC(=O)c1ccc(Nc2cccc(C(F)(F)F)c2)nc1. The Balaban J connectivity index is 2.03. The first kappa shape index (κ1) is 17.8. The van der Waals surface area contributed by atoms with Crippen molar-refractivity contribution in [2.45, 2.75) is 25.9 Å². The molecule has 24 heavy (non-hydrogen) atoms. The number of benzene rings is 1. The standard InChI is InChI=1S/C17H18F3N3O/c1-2-3-9-21-16(24)12-7-8-15(22-11-12)23-14-6-4-5-13(10-14)17(18,19)20/h4-8,10-11H,2-3,9H2,1H3,(H,21,24)(H,22,23). The maximum Gasteiger partial charge on any atom is 0.416 e. The number of anilines is 2. The number of hydrogen-bond donors (Lipinski definition) is 2. The monoisotopic (exact) mass is 337 g/mol. The first-order valence-electron chi connectivity index (χ1n) is 7.58. The quantitative estimate of drug-likeness (QED) is 0.770. The minimum Gasteiger partial charge on any atom is -0.352 e. The van der Waals surface area contributed by atoms with Crippen LogP contribution in [0.4, 0.5) is 24.7 Å². The molecule has 0 unspecified atom stereocenters. The van der Waals surface area contributed by atoms with Gasteiger partial charge in [-0.25, -0.2) is 4.98 Å². The van der Waals surface area contributed by atoms with Gasteiger partial charge in [0.1, 0.15) is 5.82 Å². The van der Waals surface area contributed by atoms with E-state index in [0.717, 1.165) is 25.0 Å². The highest BCUT2D eigenvalue weighted by Crippen LogP contribution is 2.31. The summed E-state index contributed by atoms with van der Waals surface area (Å²) < 4.78 is 38.1. The summed E-state index contributed by atoms with van der Waals surface area (Å²) in [5.41, 5.74) is -0.0578. The zero-order valence-electron chi connectivity index (χ0n) is 13.2. The Bertz CT molecular complexity index is 684. The fraction of sp³-hybridized carbons (Fsp3) is 0.294. The summed E-state index contributed by atoms with van der Waals surface area (Å²) in [5.74, 6) is 0.140. The lowest BCUT2D eigenvalue weighted by Crippen LogP contribution is -2.24. The van der Waals surface area contributed by atoms with Crippen molar-refractivity contribution in [1.82, 2.24) is 10.3 Å². The van der Waals surface area contributed by atoms with Gasteiger partial charge in [0.2, 0.25) is 0 Å². The molecule has 2 rings (SSSR count). The zero-order chi connectivity index (χ0) is 17.6. The first-order chi connectivity index (χ1) is 11.4. The molecule has 0 saturated heterocycles. The summed E-state index contributed by atoms with van der Waals surface area (Å²) >= 11 is 0. The number of aromatic nitrogens is 1. The van der Waals surface area contributed by atoms with E-state index in [1.165, 1.54) is 18.3 Å². The number of carbonyl (C=O) groups is 1. The zero-order valence-corrected chi connectivity index (χ0v) is 13.2. The van der Waals surface area contributed by atoms with Crippen LogP contribution in [0.25, 0.3) is 0 Å². The van der Waals surface area contributed by atoms with Gasteiger partial charge >= 0.3 is 6.18 Å². The second-order valence-corrected chi connectivity index (χ2v) is 5.25. The van der Waals surface area contributed by atoms with Crippen LogP contribution in [0.5, 0.6) is 0 Å². The molecule has 0 aliphatic heterocycles. The van der Waals surface area contributed by atoms with Gasteiger partial charge in [0.15, 0.2) is 0 Å². The van der Waals surface area contributed by atoms with Crippen LogP contribution in [0.3, 0.4) is 0 Å². The number of alkyl halides is 3. The number of rotatable bonds is 6. The molecule has 1 heterocycles. The van der Waals surface area contributed by atoms with Crippen LogP contribution in [-0.2, 0) is 6.18 Å².